The highest BCUT2D eigenvalue weighted by molar-refractivity contribution is 6.02. The van der Waals surface area contributed by atoms with Gasteiger partial charge in [-0.25, -0.2) is 4.39 Å². The molecule has 0 bridgehead atoms. The fourth-order valence-corrected chi connectivity index (χ4v) is 5.31. The minimum Gasteiger partial charge on any atom is -0.496 e. The van der Waals surface area contributed by atoms with E-state index < -0.39 is 0 Å². The fraction of sp³-hybridized carbons (Fsp3) is 0.345. The van der Waals surface area contributed by atoms with Gasteiger partial charge in [0, 0.05) is 67.1 Å². The van der Waals surface area contributed by atoms with Crippen LogP contribution in [0.4, 0.5) is 4.39 Å². The van der Waals surface area contributed by atoms with Gasteiger partial charge in [0.2, 0.25) is 0 Å². The number of aromatic amines is 1. The van der Waals surface area contributed by atoms with Gasteiger partial charge in [-0.3, -0.25) is 19.8 Å². The second-order valence-corrected chi connectivity index (χ2v) is 9.60. The minimum atomic E-state index is -0.285. The Morgan fingerprint density at radius 2 is 1.97 bits per heavy atom. The van der Waals surface area contributed by atoms with Gasteiger partial charge in [-0.2, -0.15) is 5.10 Å². The molecule has 2 aromatic carbocycles. The van der Waals surface area contributed by atoms with Crippen LogP contribution >= 0.6 is 0 Å². The quantitative estimate of drug-likeness (QED) is 0.314. The summed E-state index contributed by atoms with van der Waals surface area (Å²) >= 11 is 0. The number of ether oxygens (including phenoxy) is 2. The van der Waals surface area contributed by atoms with E-state index in [1.807, 2.05) is 30.3 Å². The second kappa shape index (κ2) is 11.2. The Morgan fingerprint density at radius 1 is 1.14 bits per heavy atom. The zero-order valence-electron chi connectivity index (χ0n) is 21.1. The van der Waals surface area contributed by atoms with Crippen molar-refractivity contribution in [3.05, 3.63) is 77.9 Å². The molecule has 192 valence electrons. The second-order valence-electron chi connectivity index (χ2n) is 9.60. The molecule has 1 N–H and O–H groups in total. The number of H-pyrrole nitrogens is 1. The Hall–Kier alpha value is -3.62. The molecule has 1 aliphatic rings. The van der Waals surface area contributed by atoms with E-state index in [4.69, 9.17) is 9.47 Å². The molecule has 0 radical (unpaired) electrons. The molecule has 2 atom stereocenters. The molecule has 37 heavy (non-hydrogen) atoms. The van der Waals surface area contributed by atoms with E-state index in [9.17, 15) is 9.18 Å². The molecule has 2 aromatic heterocycles. The lowest BCUT2D eigenvalue weighted by Crippen LogP contribution is -2.45. The maximum Gasteiger partial charge on any atom is 0.163 e. The van der Waals surface area contributed by atoms with Gasteiger partial charge in [0.05, 0.1) is 19.2 Å². The van der Waals surface area contributed by atoms with Crippen molar-refractivity contribution >= 4 is 16.7 Å². The highest BCUT2D eigenvalue weighted by Gasteiger charge is 2.31. The number of Topliss-reactive ketones (excluding diaryl/α,β-unsaturated/α-hetero) is 1. The Balaban J connectivity index is 1.33. The van der Waals surface area contributed by atoms with Gasteiger partial charge in [-0.05, 0) is 61.2 Å². The van der Waals surface area contributed by atoms with Gasteiger partial charge in [-0.15, -0.1) is 0 Å². The van der Waals surface area contributed by atoms with E-state index in [1.165, 1.54) is 6.07 Å². The Kier molecular flexibility index (Phi) is 7.58. The van der Waals surface area contributed by atoms with Crippen LogP contribution in [0, 0.1) is 11.7 Å². The number of rotatable bonds is 9. The van der Waals surface area contributed by atoms with Gasteiger partial charge in [0.25, 0.3) is 0 Å². The number of benzene rings is 2. The van der Waals surface area contributed by atoms with Gasteiger partial charge in [0.15, 0.2) is 5.78 Å². The van der Waals surface area contributed by atoms with E-state index in [0.29, 0.717) is 43.0 Å². The first kappa shape index (κ1) is 25.0. The normalized spacial score (nSPS) is 18.2. The summed E-state index contributed by atoms with van der Waals surface area (Å²) in [6.07, 6.45) is 5.69. The van der Waals surface area contributed by atoms with Gasteiger partial charge in [0.1, 0.15) is 17.3 Å². The van der Waals surface area contributed by atoms with Crippen molar-refractivity contribution in [2.45, 2.75) is 31.8 Å². The lowest BCUT2D eigenvalue weighted by molar-refractivity contribution is 0.0356. The number of halogens is 1. The van der Waals surface area contributed by atoms with Crippen molar-refractivity contribution in [2.24, 2.45) is 5.92 Å². The fourth-order valence-electron chi connectivity index (χ4n) is 5.31. The molecule has 1 fully saturated rings. The molecule has 0 amide bonds. The van der Waals surface area contributed by atoms with Crippen molar-refractivity contribution in [3.8, 4) is 17.0 Å². The number of hydrogen-bond acceptors (Lipinski definition) is 6. The first-order valence-corrected chi connectivity index (χ1v) is 12.5. The third kappa shape index (κ3) is 5.40. The number of likely N-dealkylation sites (tertiary alicyclic amines) is 1. The average Bonchev–Trinajstić information content (AvgIpc) is 3.35. The molecule has 0 saturated carbocycles. The van der Waals surface area contributed by atoms with E-state index in [-0.39, 0.29) is 23.6 Å². The molecule has 8 heteroatoms. The summed E-state index contributed by atoms with van der Waals surface area (Å²) in [5, 5.41) is 8.42. The first-order valence-electron chi connectivity index (χ1n) is 12.5. The number of piperidine rings is 1. The maximum absolute atomic E-state index is 14.7. The summed E-state index contributed by atoms with van der Waals surface area (Å²) in [7, 11) is 3.24. The summed E-state index contributed by atoms with van der Waals surface area (Å²) in [5.74, 6) is 0.514. The number of methoxy groups -OCH3 is 2. The molecule has 7 nitrogen and oxygen atoms in total. The molecule has 5 rings (SSSR count). The molecular formula is C29H31FN4O3. The van der Waals surface area contributed by atoms with Crippen LogP contribution in [0.1, 0.15) is 35.2 Å². The van der Waals surface area contributed by atoms with Gasteiger partial charge in [-0.1, -0.05) is 6.07 Å². The van der Waals surface area contributed by atoms with Crippen molar-refractivity contribution in [1.82, 2.24) is 20.1 Å². The van der Waals surface area contributed by atoms with Crippen molar-refractivity contribution in [2.75, 3.05) is 27.4 Å². The van der Waals surface area contributed by atoms with Crippen molar-refractivity contribution in [1.29, 1.82) is 0 Å². The lowest BCUT2D eigenvalue weighted by Gasteiger charge is -2.39. The molecule has 4 aromatic rings. The van der Waals surface area contributed by atoms with Crippen molar-refractivity contribution in [3.63, 3.8) is 0 Å². The maximum atomic E-state index is 14.7. The summed E-state index contributed by atoms with van der Waals surface area (Å²) < 4.78 is 25.6. The number of hydrogen-bond donors (Lipinski definition) is 1. The summed E-state index contributed by atoms with van der Waals surface area (Å²) in [5.41, 5.74) is 3.84. The zero-order valence-corrected chi connectivity index (χ0v) is 21.1. The van der Waals surface area contributed by atoms with E-state index in [1.54, 1.807) is 38.7 Å². The standard InChI is InChI=1S/C29H31FN4O3/c1-36-18-22-8-6-19(16-34(22)17-24-25(30)4-3-5-28(24)37-2)14-27(35)21-7-9-26-23(15-21)29(33-32-26)20-10-12-31-13-11-20/h3-5,7,9-13,15,19,22H,6,8,14,16-18H2,1-2H3,(H,32,33)/t19-,22+/m0/s1. The van der Waals surface area contributed by atoms with Crippen LogP contribution in [-0.4, -0.2) is 59.3 Å². The molecule has 3 heterocycles. The van der Waals surface area contributed by atoms with Gasteiger partial charge >= 0.3 is 0 Å². The smallest absolute Gasteiger partial charge is 0.163 e. The Labute approximate surface area is 215 Å². The number of carbonyl (C=O) groups is 1. The predicted molar refractivity (Wildman–Crippen MR) is 140 cm³/mol. The number of carbonyl (C=O) groups excluding carboxylic acids is 1. The van der Waals surface area contributed by atoms with Crippen LogP contribution in [0.25, 0.3) is 22.2 Å². The number of nitrogens with zero attached hydrogens (tertiary/aromatic N) is 3. The van der Waals surface area contributed by atoms with Crippen LogP contribution in [0.5, 0.6) is 5.75 Å². The number of ketones is 1. The van der Waals surface area contributed by atoms with Crippen LogP contribution in [0.2, 0.25) is 0 Å². The largest absolute Gasteiger partial charge is 0.496 e. The zero-order chi connectivity index (χ0) is 25.8. The highest BCUT2D eigenvalue weighted by Crippen LogP contribution is 2.32. The monoisotopic (exact) mass is 502 g/mol. The SMILES string of the molecule is COC[C@H]1CC[C@@H](CC(=O)c2ccc3[nH]nc(-c4ccncc4)c3c2)CN1Cc1c(F)cccc1OC. The Bertz CT molecular complexity index is 1370. The third-order valence-electron chi connectivity index (χ3n) is 7.25. The minimum absolute atomic E-state index is 0.0994. The molecule has 1 aliphatic heterocycles. The van der Waals surface area contributed by atoms with Crippen LogP contribution in [0.15, 0.2) is 60.9 Å². The highest BCUT2D eigenvalue weighted by atomic mass is 19.1. The summed E-state index contributed by atoms with van der Waals surface area (Å²) in [4.78, 5) is 19.7. The van der Waals surface area contributed by atoms with Crippen LogP contribution < -0.4 is 4.74 Å². The number of pyridine rings is 1. The lowest BCUT2D eigenvalue weighted by atomic mass is 9.87. The van der Waals surface area contributed by atoms with E-state index >= 15 is 0 Å². The number of fused-ring (bicyclic) bond motifs is 1. The molecular weight excluding hydrogens is 471 g/mol. The van der Waals surface area contributed by atoms with Crippen LogP contribution in [-0.2, 0) is 11.3 Å². The molecule has 0 aliphatic carbocycles. The molecule has 0 spiro atoms. The van der Waals surface area contributed by atoms with E-state index in [2.05, 4.69) is 20.1 Å². The topological polar surface area (TPSA) is 80.3 Å². The summed E-state index contributed by atoms with van der Waals surface area (Å²) in [6.45, 7) is 1.66. The average molecular weight is 503 g/mol. The predicted octanol–water partition coefficient (Wildman–Crippen LogP) is 5.27. The molecule has 0 unspecified atom stereocenters. The Morgan fingerprint density at radius 3 is 2.76 bits per heavy atom. The van der Waals surface area contributed by atoms with Gasteiger partial charge < -0.3 is 9.47 Å². The first-order chi connectivity index (χ1) is 18.1. The third-order valence-corrected chi connectivity index (χ3v) is 7.25. The molecule has 1 saturated heterocycles. The van der Waals surface area contributed by atoms with Crippen molar-refractivity contribution < 1.29 is 18.7 Å². The number of aromatic nitrogens is 3. The van der Waals surface area contributed by atoms with Crippen LogP contribution in [0.3, 0.4) is 0 Å². The number of nitrogens with one attached hydrogen (secondary N) is 1. The summed E-state index contributed by atoms with van der Waals surface area (Å²) in [6, 6.07) is 14.6. The van der Waals surface area contributed by atoms with E-state index in [0.717, 1.165) is 35.0 Å².